The molecule has 1 aromatic rings. The molecular weight excluding hydrogens is 248 g/mol. The van der Waals surface area contributed by atoms with Crippen molar-refractivity contribution in [2.45, 2.75) is 31.7 Å². The van der Waals surface area contributed by atoms with Crippen LogP contribution in [-0.2, 0) is 6.42 Å². The third-order valence-electron chi connectivity index (χ3n) is 6.11. The highest BCUT2D eigenvalue weighted by Crippen LogP contribution is 2.65. The van der Waals surface area contributed by atoms with Gasteiger partial charge in [-0.2, -0.15) is 0 Å². The van der Waals surface area contributed by atoms with Gasteiger partial charge in [-0.15, -0.1) is 0 Å². The fourth-order valence-electron chi connectivity index (χ4n) is 5.20. The Labute approximate surface area is 119 Å². The molecule has 104 valence electrons. The normalized spacial score (nSPS) is 39.1. The lowest BCUT2D eigenvalue weighted by Gasteiger charge is -2.11. The molecule has 3 aliphatic carbocycles. The Morgan fingerprint density at radius 2 is 2.00 bits per heavy atom. The fourth-order valence-corrected chi connectivity index (χ4v) is 5.20. The smallest absolute Gasteiger partial charge is 0.251 e. The molecule has 1 amide bonds. The first-order valence-electron chi connectivity index (χ1n) is 7.99. The maximum atomic E-state index is 12.4. The van der Waals surface area contributed by atoms with Gasteiger partial charge in [-0.25, -0.2) is 0 Å². The zero-order valence-corrected chi connectivity index (χ0v) is 11.6. The molecule has 0 spiro atoms. The average Bonchev–Trinajstić information content (AvgIpc) is 2.92. The monoisotopic (exact) mass is 268 g/mol. The molecule has 3 nitrogen and oxygen atoms in total. The lowest BCUT2D eigenvalue weighted by atomic mass is 10.0. The van der Waals surface area contributed by atoms with E-state index in [0.29, 0.717) is 6.04 Å². The zero-order chi connectivity index (χ0) is 13.3. The summed E-state index contributed by atoms with van der Waals surface area (Å²) in [5.74, 6) is 3.60. The minimum atomic E-state index is 0.137. The van der Waals surface area contributed by atoms with Crippen LogP contribution in [0, 0.1) is 23.7 Å². The van der Waals surface area contributed by atoms with E-state index in [4.69, 9.17) is 0 Å². The number of benzene rings is 1. The van der Waals surface area contributed by atoms with Crippen LogP contribution in [0.1, 0.15) is 35.2 Å². The number of carbonyl (C=O) groups excluding carboxylic acids is 1. The molecule has 4 unspecified atom stereocenters. The summed E-state index contributed by atoms with van der Waals surface area (Å²) in [4.78, 5) is 12.4. The molecule has 1 heterocycles. The van der Waals surface area contributed by atoms with Gasteiger partial charge in [0.2, 0.25) is 0 Å². The summed E-state index contributed by atoms with van der Waals surface area (Å²) in [6.45, 7) is 0.997. The first-order valence-corrected chi connectivity index (χ1v) is 7.99. The number of fused-ring (bicyclic) bond motifs is 6. The van der Waals surface area contributed by atoms with Crippen molar-refractivity contribution < 1.29 is 4.79 Å². The number of carbonyl (C=O) groups is 1. The maximum Gasteiger partial charge on any atom is 0.251 e. The molecule has 0 radical (unpaired) electrons. The molecule has 4 atom stereocenters. The lowest BCUT2D eigenvalue weighted by molar-refractivity contribution is 0.0944. The quantitative estimate of drug-likeness (QED) is 0.865. The molecule has 4 aliphatic rings. The summed E-state index contributed by atoms with van der Waals surface area (Å²) in [7, 11) is 0. The van der Waals surface area contributed by atoms with Crippen molar-refractivity contribution in [2.75, 3.05) is 11.9 Å². The van der Waals surface area contributed by atoms with Crippen LogP contribution in [0.25, 0.3) is 0 Å². The van der Waals surface area contributed by atoms with Gasteiger partial charge in [-0.3, -0.25) is 4.79 Å². The van der Waals surface area contributed by atoms with Gasteiger partial charge in [0.25, 0.3) is 5.91 Å². The molecule has 3 saturated carbocycles. The summed E-state index contributed by atoms with van der Waals surface area (Å²) >= 11 is 0. The summed E-state index contributed by atoms with van der Waals surface area (Å²) in [5.41, 5.74) is 3.32. The predicted molar refractivity (Wildman–Crippen MR) is 77.7 cm³/mol. The van der Waals surface area contributed by atoms with Gasteiger partial charge >= 0.3 is 0 Å². The summed E-state index contributed by atoms with van der Waals surface area (Å²) < 4.78 is 0. The van der Waals surface area contributed by atoms with E-state index in [1.165, 1.54) is 30.5 Å². The first kappa shape index (κ1) is 11.2. The van der Waals surface area contributed by atoms with Gasteiger partial charge in [-0.1, -0.05) is 0 Å². The topological polar surface area (TPSA) is 41.1 Å². The van der Waals surface area contributed by atoms with E-state index >= 15 is 0 Å². The number of nitrogens with one attached hydrogen (secondary N) is 2. The van der Waals surface area contributed by atoms with Crippen molar-refractivity contribution in [3.63, 3.8) is 0 Å². The van der Waals surface area contributed by atoms with E-state index in [1.807, 2.05) is 6.07 Å². The Kier molecular flexibility index (Phi) is 2.11. The molecule has 3 heteroatoms. The van der Waals surface area contributed by atoms with Crippen LogP contribution < -0.4 is 10.6 Å². The van der Waals surface area contributed by atoms with Crippen LogP contribution in [0.3, 0.4) is 0 Å². The summed E-state index contributed by atoms with van der Waals surface area (Å²) in [5, 5.41) is 6.64. The second-order valence-electron chi connectivity index (χ2n) is 7.04. The van der Waals surface area contributed by atoms with Gasteiger partial charge in [0, 0.05) is 23.8 Å². The summed E-state index contributed by atoms with van der Waals surface area (Å²) in [6.07, 6.45) is 5.28. The number of hydrogen-bond acceptors (Lipinski definition) is 2. The molecule has 5 rings (SSSR count). The Bertz CT molecular complexity index is 581. The second-order valence-corrected chi connectivity index (χ2v) is 7.04. The van der Waals surface area contributed by atoms with Crippen molar-refractivity contribution in [3.8, 4) is 0 Å². The van der Waals surface area contributed by atoms with Gasteiger partial charge in [0.15, 0.2) is 0 Å². The van der Waals surface area contributed by atoms with E-state index in [9.17, 15) is 4.79 Å². The SMILES string of the molecule is O=C(NC1C2C3CCC(C3)C12)c1ccc2c(c1)CCN2. The van der Waals surface area contributed by atoms with Crippen LogP contribution in [0.15, 0.2) is 18.2 Å². The number of rotatable bonds is 2. The van der Waals surface area contributed by atoms with E-state index in [-0.39, 0.29) is 5.91 Å². The molecule has 1 aliphatic heterocycles. The van der Waals surface area contributed by atoms with Gasteiger partial charge < -0.3 is 10.6 Å². The van der Waals surface area contributed by atoms with E-state index in [2.05, 4.69) is 22.8 Å². The second kappa shape index (κ2) is 3.78. The molecule has 0 saturated heterocycles. The fraction of sp³-hybridized carbons (Fsp3) is 0.588. The number of anilines is 1. The highest BCUT2D eigenvalue weighted by atomic mass is 16.1. The first-order chi connectivity index (χ1) is 9.81. The predicted octanol–water partition coefficient (Wildman–Crippen LogP) is 2.43. The van der Waals surface area contributed by atoms with E-state index in [0.717, 1.165) is 42.2 Å². The van der Waals surface area contributed by atoms with Crippen LogP contribution in [0.5, 0.6) is 0 Å². The van der Waals surface area contributed by atoms with Crippen molar-refractivity contribution in [1.82, 2.24) is 5.32 Å². The molecular formula is C17H20N2O. The average molecular weight is 268 g/mol. The van der Waals surface area contributed by atoms with Crippen LogP contribution in [-0.4, -0.2) is 18.5 Å². The molecule has 20 heavy (non-hydrogen) atoms. The minimum absolute atomic E-state index is 0.137. The highest BCUT2D eigenvalue weighted by molar-refractivity contribution is 5.95. The minimum Gasteiger partial charge on any atom is -0.384 e. The zero-order valence-electron chi connectivity index (χ0n) is 11.6. The molecule has 1 aromatic carbocycles. The van der Waals surface area contributed by atoms with Crippen molar-refractivity contribution in [2.24, 2.45) is 23.7 Å². The maximum absolute atomic E-state index is 12.4. The van der Waals surface area contributed by atoms with Gasteiger partial charge in [0.05, 0.1) is 0 Å². The third-order valence-corrected chi connectivity index (χ3v) is 6.11. The van der Waals surface area contributed by atoms with Crippen LogP contribution >= 0.6 is 0 Å². The number of amides is 1. The Morgan fingerprint density at radius 1 is 1.20 bits per heavy atom. The van der Waals surface area contributed by atoms with Crippen molar-refractivity contribution >= 4 is 11.6 Å². The molecule has 0 aromatic heterocycles. The highest BCUT2D eigenvalue weighted by Gasteiger charge is 2.65. The molecule has 2 bridgehead atoms. The van der Waals surface area contributed by atoms with Crippen molar-refractivity contribution in [3.05, 3.63) is 29.3 Å². The van der Waals surface area contributed by atoms with Gasteiger partial charge in [-0.05, 0) is 73.1 Å². The van der Waals surface area contributed by atoms with E-state index in [1.54, 1.807) is 0 Å². The van der Waals surface area contributed by atoms with Crippen LogP contribution in [0.4, 0.5) is 5.69 Å². The number of hydrogen-bond donors (Lipinski definition) is 2. The van der Waals surface area contributed by atoms with Crippen molar-refractivity contribution in [1.29, 1.82) is 0 Å². The Hall–Kier alpha value is -1.51. The molecule has 2 N–H and O–H groups in total. The molecule has 3 fully saturated rings. The van der Waals surface area contributed by atoms with E-state index < -0.39 is 0 Å². The lowest BCUT2D eigenvalue weighted by Crippen LogP contribution is -2.29. The van der Waals surface area contributed by atoms with Gasteiger partial charge in [0.1, 0.15) is 0 Å². The largest absolute Gasteiger partial charge is 0.384 e. The standard InChI is InChI=1S/C17H20N2O/c20-17(12-3-4-13-9(7-12)5-6-18-13)19-16-14-10-1-2-11(8-10)15(14)16/h3-4,7,10-11,14-16,18H,1-2,5-6,8H2,(H,19,20). The third kappa shape index (κ3) is 1.44. The summed E-state index contributed by atoms with van der Waals surface area (Å²) in [6, 6.07) is 6.56. The Balaban J connectivity index is 1.32. The Morgan fingerprint density at radius 3 is 2.80 bits per heavy atom. The van der Waals surface area contributed by atoms with Crippen LogP contribution in [0.2, 0.25) is 0 Å².